The fourth-order valence-electron chi connectivity index (χ4n) is 4.39. The molecule has 1 aliphatic heterocycles. The molecule has 0 aromatic heterocycles. The summed E-state index contributed by atoms with van der Waals surface area (Å²) in [6.45, 7) is 2.88. The number of carbonyl (C=O) groups excluding carboxylic acids is 2. The van der Waals surface area contributed by atoms with Crippen LogP contribution in [0.1, 0.15) is 61.1 Å². The van der Waals surface area contributed by atoms with Crippen LogP contribution in [0, 0.1) is 0 Å². The summed E-state index contributed by atoms with van der Waals surface area (Å²) in [5, 5.41) is 0. The maximum atomic E-state index is 11.3. The summed E-state index contributed by atoms with van der Waals surface area (Å²) in [6.07, 6.45) is 7.88. The molecule has 1 saturated heterocycles. The van der Waals surface area contributed by atoms with Crippen LogP contribution in [0.5, 0.6) is 5.75 Å². The van der Waals surface area contributed by atoms with Gasteiger partial charge in [0.15, 0.2) is 6.61 Å². The maximum Gasteiger partial charge on any atom is 0.255 e. The summed E-state index contributed by atoms with van der Waals surface area (Å²) in [4.78, 5) is 24.6. The van der Waals surface area contributed by atoms with E-state index in [2.05, 4.69) is 17.0 Å². The van der Waals surface area contributed by atoms with Crippen LogP contribution >= 0.6 is 0 Å². The SMILES string of the molecule is NC(=O)CCCN1CCC(c2ccc3c(c2OCC(N)=O)CCCC3)CC1. The van der Waals surface area contributed by atoms with Gasteiger partial charge in [0.25, 0.3) is 5.91 Å². The Labute approximate surface area is 161 Å². The Morgan fingerprint density at radius 1 is 1.07 bits per heavy atom. The number of ether oxygens (including phenoxy) is 1. The average molecular weight is 373 g/mol. The minimum Gasteiger partial charge on any atom is -0.483 e. The number of hydrogen-bond acceptors (Lipinski definition) is 4. The molecule has 1 heterocycles. The van der Waals surface area contributed by atoms with E-state index in [-0.39, 0.29) is 12.5 Å². The second-order valence-corrected chi connectivity index (χ2v) is 7.77. The topological polar surface area (TPSA) is 98.7 Å². The number of nitrogens with two attached hydrogens (primary N) is 2. The van der Waals surface area contributed by atoms with Crippen molar-refractivity contribution in [3.8, 4) is 5.75 Å². The minimum absolute atomic E-state index is 0.0601. The van der Waals surface area contributed by atoms with Crippen LogP contribution in [0.15, 0.2) is 12.1 Å². The third-order valence-electron chi connectivity index (χ3n) is 5.79. The number of hydrogen-bond donors (Lipinski definition) is 2. The Hall–Kier alpha value is -2.08. The highest BCUT2D eigenvalue weighted by atomic mass is 16.5. The number of piperidine rings is 1. The normalized spacial score (nSPS) is 18.1. The molecule has 1 aromatic rings. The number of carbonyl (C=O) groups is 2. The molecule has 3 rings (SSSR count). The number of aryl methyl sites for hydroxylation is 1. The standard InChI is InChI=1S/C21H31N3O3/c22-19(25)6-3-11-24-12-9-16(10-13-24)18-8-7-15-4-1-2-5-17(15)21(18)27-14-20(23)26/h7-8,16H,1-6,9-14H2,(H2,22,25)(H2,23,26). The summed E-state index contributed by atoms with van der Waals surface area (Å²) in [6, 6.07) is 4.45. The van der Waals surface area contributed by atoms with Crippen molar-refractivity contribution >= 4 is 11.8 Å². The van der Waals surface area contributed by atoms with Crippen LogP contribution in [0.2, 0.25) is 0 Å². The van der Waals surface area contributed by atoms with Gasteiger partial charge in [0, 0.05) is 6.42 Å². The predicted molar refractivity (Wildman–Crippen MR) is 105 cm³/mol. The Bertz CT molecular complexity index is 681. The average Bonchev–Trinajstić information content (AvgIpc) is 2.66. The largest absolute Gasteiger partial charge is 0.483 e. The Morgan fingerprint density at radius 3 is 2.52 bits per heavy atom. The number of nitrogens with zero attached hydrogens (tertiary/aromatic N) is 1. The maximum absolute atomic E-state index is 11.3. The Kier molecular flexibility index (Phi) is 6.72. The molecule has 0 bridgehead atoms. The fourth-order valence-corrected chi connectivity index (χ4v) is 4.39. The van der Waals surface area contributed by atoms with E-state index >= 15 is 0 Å². The highest BCUT2D eigenvalue weighted by molar-refractivity contribution is 5.75. The second kappa shape index (κ2) is 9.22. The first-order chi connectivity index (χ1) is 13.0. The van der Waals surface area contributed by atoms with E-state index in [4.69, 9.17) is 16.2 Å². The van der Waals surface area contributed by atoms with Crippen LogP contribution < -0.4 is 16.2 Å². The van der Waals surface area contributed by atoms with Crippen LogP contribution in [-0.2, 0) is 22.4 Å². The van der Waals surface area contributed by atoms with Crippen molar-refractivity contribution in [3.05, 3.63) is 28.8 Å². The molecule has 0 radical (unpaired) electrons. The van der Waals surface area contributed by atoms with Crippen molar-refractivity contribution < 1.29 is 14.3 Å². The quantitative estimate of drug-likeness (QED) is 0.727. The lowest BCUT2D eigenvalue weighted by Gasteiger charge is -2.33. The van der Waals surface area contributed by atoms with Gasteiger partial charge < -0.3 is 21.1 Å². The fraction of sp³-hybridized carbons (Fsp3) is 0.619. The van der Waals surface area contributed by atoms with Crippen molar-refractivity contribution in [2.75, 3.05) is 26.2 Å². The van der Waals surface area contributed by atoms with Gasteiger partial charge in [-0.2, -0.15) is 0 Å². The van der Waals surface area contributed by atoms with Gasteiger partial charge in [0.2, 0.25) is 5.91 Å². The van der Waals surface area contributed by atoms with Crippen LogP contribution in [0.4, 0.5) is 0 Å². The van der Waals surface area contributed by atoms with Gasteiger partial charge in [-0.15, -0.1) is 0 Å². The number of amides is 2. The van der Waals surface area contributed by atoms with Gasteiger partial charge >= 0.3 is 0 Å². The van der Waals surface area contributed by atoms with Gasteiger partial charge in [-0.05, 0) is 87.2 Å². The van der Waals surface area contributed by atoms with E-state index in [1.165, 1.54) is 29.5 Å². The third kappa shape index (κ3) is 5.22. The lowest BCUT2D eigenvalue weighted by Crippen LogP contribution is -2.34. The Balaban J connectivity index is 1.69. The number of benzene rings is 1. The zero-order valence-electron chi connectivity index (χ0n) is 16.0. The Morgan fingerprint density at radius 2 is 1.81 bits per heavy atom. The summed E-state index contributed by atoms with van der Waals surface area (Å²) in [7, 11) is 0. The van der Waals surface area contributed by atoms with Crippen molar-refractivity contribution in [1.82, 2.24) is 4.90 Å². The monoisotopic (exact) mass is 373 g/mol. The van der Waals surface area contributed by atoms with Gasteiger partial charge in [0.1, 0.15) is 5.75 Å². The molecule has 148 valence electrons. The van der Waals surface area contributed by atoms with Crippen molar-refractivity contribution in [2.45, 2.75) is 57.3 Å². The van der Waals surface area contributed by atoms with Crippen LogP contribution in [-0.4, -0.2) is 43.0 Å². The molecule has 6 nitrogen and oxygen atoms in total. The molecule has 2 amide bonds. The van der Waals surface area contributed by atoms with Crippen molar-refractivity contribution in [1.29, 1.82) is 0 Å². The van der Waals surface area contributed by atoms with E-state index in [9.17, 15) is 9.59 Å². The van der Waals surface area contributed by atoms with E-state index in [0.717, 1.165) is 57.5 Å². The zero-order chi connectivity index (χ0) is 19.2. The van der Waals surface area contributed by atoms with Crippen LogP contribution in [0.3, 0.4) is 0 Å². The number of primary amides is 2. The van der Waals surface area contributed by atoms with E-state index in [0.29, 0.717) is 12.3 Å². The summed E-state index contributed by atoms with van der Waals surface area (Å²) in [5.41, 5.74) is 14.4. The molecule has 0 saturated carbocycles. The highest BCUT2D eigenvalue weighted by Crippen LogP contribution is 2.40. The lowest BCUT2D eigenvalue weighted by molar-refractivity contribution is -0.120. The van der Waals surface area contributed by atoms with Gasteiger partial charge in [0.05, 0.1) is 0 Å². The molecule has 0 unspecified atom stereocenters. The first-order valence-electron chi connectivity index (χ1n) is 10.1. The molecule has 1 aliphatic carbocycles. The number of likely N-dealkylation sites (tertiary alicyclic amines) is 1. The molecule has 4 N–H and O–H groups in total. The first kappa shape index (κ1) is 19.7. The molecule has 2 aliphatic rings. The zero-order valence-corrected chi connectivity index (χ0v) is 16.0. The smallest absolute Gasteiger partial charge is 0.255 e. The number of fused-ring (bicyclic) bond motifs is 1. The molecule has 0 spiro atoms. The lowest BCUT2D eigenvalue weighted by atomic mass is 9.83. The molecule has 27 heavy (non-hydrogen) atoms. The van der Waals surface area contributed by atoms with Crippen LogP contribution in [0.25, 0.3) is 0 Å². The van der Waals surface area contributed by atoms with Gasteiger partial charge in [-0.25, -0.2) is 0 Å². The molecule has 1 fully saturated rings. The molecule has 0 atom stereocenters. The van der Waals surface area contributed by atoms with Gasteiger partial charge in [-0.1, -0.05) is 12.1 Å². The summed E-state index contributed by atoms with van der Waals surface area (Å²) >= 11 is 0. The summed E-state index contributed by atoms with van der Waals surface area (Å²) in [5.74, 6) is 0.694. The molecular formula is C21H31N3O3. The van der Waals surface area contributed by atoms with Gasteiger partial charge in [-0.3, -0.25) is 9.59 Å². The number of rotatable bonds is 8. The molecular weight excluding hydrogens is 342 g/mol. The van der Waals surface area contributed by atoms with E-state index < -0.39 is 5.91 Å². The predicted octanol–water partition coefficient (Wildman–Crippen LogP) is 1.87. The van der Waals surface area contributed by atoms with Crippen molar-refractivity contribution in [3.63, 3.8) is 0 Å². The first-order valence-corrected chi connectivity index (χ1v) is 10.1. The second-order valence-electron chi connectivity index (χ2n) is 7.77. The third-order valence-corrected chi connectivity index (χ3v) is 5.79. The van der Waals surface area contributed by atoms with Crippen molar-refractivity contribution in [2.24, 2.45) is 11.5 Å². The van der Waals surface area contributed by atoms with E-state index in [1.807, 2.05) is 0 Å². The molecule has 1 aromatic carbocycles. The summed E-state index contributed by atoms with van der Waals surface area (Å²) < 4.78 is 5.93. The highest BCUT2D eigenvalue weighted by Gasteiger charge is 2.26. The van der Waals surface area contributed by atoms with E-state index in [1.54, 1.807) is 0 Å². The molecule has 6 heteroatoms. The minimum atomic E-state index is -0.432.